The van der Waals surface area contributed by atoms with E-state index in [9.17, 15) is 4.79 Å². The molecule has 2 aromatic carbocycles. The Kier molecular flexibility index (Phi) is 6.72. The van der Waals surface area contributed by atoms with Crippen molar-refractivity contribution >= 4 is 12.2 Å². The summed E-state index contributed by atoms with van der Waals surface area (Å²) in [5.41, 5.74) is 2.04. The van der Waals surface area contributed by atoms with Crippen LogP contribution < -0.4 is 10.1 Å². The van der Waals surface area contributed by atoms with Gasteiger partial charge in [-0.3, -0.25) is 0 Å². The third-order valence-corrected chi connectivity index (χ3v) is 3.20. The number of amides is 1. The SMILES string of the molecule is COc1cccc(C=CCCNC(=O)OCc2ccccc2)c1. The second-order valence-corrected chi connectivity index (χ2v) is 4.96. The number of hydrogen-bond acceptors (Lipinski definition) is 3. The van der Waals surface area contributed by atoms with Gasteiger partial charge in [-0.25, -0.2) is 4.79 Å². The van der Waals surface area contributed by atoms with Crippen LogP contribution in [0.1, 0.15) is 17.5 Å². The Morgan fingerprint density at radius 3 is 2.74 bits per heavy atom. The Morgan fingerprint density at radius 1 is 1.13 bits per heavy atom. The fourth-order valence-corrected chi connectivity index (χ4v) is 2.00. The summed E-state index contributed by atoms with van der Waals surface area (Å²) in [7, 11) is 1.65. The Balaban J connectivity index is 1.64. The first-order valence-electron chi connectivity index (χ1n) is 7.53. The molecule has 0 aromatic heterocycles. The number of alkyl carbamates (subject to hydrolysis) is 1. The number of hydrogen-bond donors (Lipinski definition) is 1. The van der Waals surface area contributed by atoms with Gasteiger partial charge >= 0.3 is 6.09 Å². The highest BCUT2D eigenvalue weighted by molar-refractivity contribution is 5.67. The molecule has 0 aliphatic heterocycles. The van der Waals surface area contributed by atoms with Gasteiger partial charge in [0, 0.05) is 6.54 Å². The normalized spacial score (nSPS) is 10.5. The maximum Gasteiger partial charge on any atom is 0.407 e. The van der Waals surface area contributed by atoms with E-state index in [1.165, 1.54) is 0 Å². The van der Waals surface area contributed by atoms with E-state index in [-0.39, 0.29) is 6.61 Å². The Bertz CT molecular complexity index is 638. The van der Waals surface area contributed by atoms with Crippen LogP contribution in [0.4, 0.5) is 4.79 Å². The van der Waals surface area contributed by atoms with E-state index in [0.29, 0.717) is 6.54 Å². The highest BCUT2D eigenvalue weighted by atomic mass is 16.5. The smallest absolute Gasteiger partial charge is 0.407 e. The summed E-state index contributed by atoms with van der Waals surface area (Å²) in [5, 5.41) is 2.72. The number of benzene rings is 2. The molecule has 2 aromatic rings. The first kappa shape index (κ1) is 16.6. The van der Waals surface area contributed by atoms with Gasteiger partial charge in [-0.1, -0.05) is 54.6 Å². The largest absolute Gasteiger partial charge is 0.497 e. The van der Waals surface area contributed by atoms with Crippen molar-refractivity contribution in [1.29, 1.82) is 0 Å². The lowest BCUT2D eigenvalue weighted by Gasteiger charge is -2.06. The molecule has 120 valence electrons. The highest BCUT2D eigenvalue weighted by Gasteiger charge is 2.00. The van der Waals surface area contributed by atoms with E-state index in [0.717, 1.165) is 23.3 Å². The molecule has 0 aliphatic rings. The molecular weight excluding hydrogens is 290 g/mol. The van der Waals surface area contributed by atoms with Crippen LogP contribution in [0.2, 0.25) is 0 Å². The summed E-state index contributed by atoms with van der Waals surface area (Å²) < 4.78 is 10.3. The van der Waals surface area contributed by atoms with E-state index in [4.69, 9.17) is 9.47 Å². The topological polar surface area (TPSA) is 47.6 Å². The minimum Gasteiger partial charge on any atom is -0.497 e. The van der Waals surface area contributed by atoms with Crippen LogP contribution in [0.25, 0.3) is 6.08 Å². The molecule has 0 aliphatic carbocycles. The molecule has 0 heterocycles. The van der Waals surface area contributed by atoms with Crippen LogP contribution in [-0.2, 0) is 11.3 Å². The number of rotatable bonds is 7. The molecule has 1 N–H and O–H groups in total. The Morgan fingerprint density at radius 2 is 1.96 bits per heavy atom. The molecule has 0 atom stereocenters. The lowest BCUT2D eigenvalue weighted by molar-refractivity contribution is 0.140. The molecule has 0 saturated heterocycles. The van der Waals surface area contributed by atoms with E-state index >= 15 is 0 Å². The first-order chi connectivity index (χ1) is 11.3. The maximum atomic E-state index is 11.6. The van der Waals surface area contributed by atoms with Crippen molar-refractivity contribution in [2.24, 2.45) is 0 Å². The van der Waals surface area contributed by atoms with Crippen molar-refractivity contribution < 1.29 is 14.3 Å². The van der Waals surface area contributed by atoms with Crippen LogP contribution in [0.5, 0.6) is 5.75 Å². The predicted octanol–water partition coefficient (Wildman–Crippen LogP) is 4.02. The van der Waals surface area contributed by atoms with E-state index in [1.807, 2.05) is 66.7 Å². The van der Waals surface area contributed by atoms with Crippen molar-refractivity contribution in [3.63, 3.8) is 0 Å². The monoisotopic (exact) mass is 311 g/mol. The van der Waals surface area contributed by atoms with Crippen LogP contribution in [-0.4, -0.2) is 19.7 Å². The Hall–Kier alpha value is -2.75. The number of nitrogens with one attached hydrogen (secondary N) is 1. The quantitative estimate of drug-likeness (QED) is 0.786. The van der Waals surface area contributed by atoms with Gasteiger partial charge in [0.25, 0.3) is 0 Å². The van der Waals surface area contributed by atoms with Gasteiger partial charge in [-0.2, -0.15) is 0 Å². The summed E-state index contributed by atoms with van der Waals surface area (Å²) in [6, 6.07) is 17.4. The summed E-state index contributed by atoms with van der Waals surface area (Å²) in [6.45, 7) is 0.820. The predicted molar refractivity (Wildman–Crippen MR) is 91.3 cm³/mol. The molecule has 0 radical (unpaired) electrons. The van der Waals surface area contributed by atoms with Crippen LogP contribution in [0.3, 0.4) is 0 Å². The van der Waals surface area contributed by atoms with Gasteiger partial charge in [-0.05, 0) is 29.7 Å². The molecule has 0 bridgehead atoms. The maximum absolute atomic E-state index is 11.6. The van der Waals surface area contributed by atoms with Crippen molar-refractivity contribution in [1.82, 2.24) is 5.32 Å². The van der Waals surface area contributed by atoms with Crippen LogP contribution >= 0.6 is 0 Å². The molecule has 0 spiro atoms. The zero-order chi connectivity index (χ0) is 16.3. The minimum absolute atomic E-state index is 0.284. The molecular formula is C19H21NO3. The van der Waals surface area contributed by atoms with E-state index in [2.05, 4.69) is 5.32 Å². The van der Waals surface area contributed by atoms with Crippen molar-refractivity contribution in [2.45, 2.75) is 13.0 Å². The van der Waals surface area contributed by atoms with Crippen LogP contribution in [0.15, 0.2) is 60.7 Å². The third kappa shape index (κ3) is 6.26. The van der Waals surface area contributed by atoms with E-state index < -0.39 is 6.09 Å². The van der Waals surface area contributed by atoms with Crippen molar-refractivity contribution in [2.75, 3.05) is 13.7 Å². The molecule has 1 amide bonds. The number of carbonyl (C=O) groups is 1. The minimum atomic E-state index is -0.399. The first-order valence-corrected chi connectivity index (χ1v) is 7.53. The zero-order valence-corrected chi connectivity index (χ0v) is 13.2. The molecule has 0 unspecified atom stereocenters. The fraction of sp³-hybridized carbons (Fsp3) is 0.211. The van der Waals surface area contributed by atoms with Gasteiger partial charge in [0.05, 0.1) is 7.11 Å². The number of carbonyl (C=O) groups excluding carboxylic acids is 1. The fourth-order valence-electron chi connectivity index (χ4n) is 2.00. The van der Waals surface area contributed by atoms with Crippen molar-refractivity contribution in [3.8, 4) is 5.75 Å². The molecule has 0 fully saturated rings. The molecule has 4 heteroatoms. The average molecular weight is 311 g/mol. The van der Waals surface area contributed by atoms with Gasteiger partial charge in [0.15, 0.2) is 0 Å². The molecule has 23 heavy (non-hydrogen) atoms. The average Bonchev–Trinajstić information content (AvgIpc) is 2.61. The number of methoxy groups -OCH3 is 1. The summed E-state index contributed by atoms with van der Waals surface area (Å²) >= 11 is 0. The highest BCUT2D eigenvalue weighted by Crippen LogP contribution is 2.13. The molecule has 4 nitrogen and oxygen atoms in total. The van der Waals surface area contributed by atoms with Gasteiger partial charge in [0.1, 0.15) is 12.4 Å². The number of ether oxygens (including phenoxy) is 2. The lowest BCUT2D eigenvalue weighted by Crippen LogP contribution is -2.24. The summed E-state index contributed by atoms with van der Waals surface area (Å²) in [6.07, 6.45) is 4.34. The second-order valence-electron chi connectivity index (χ2n) is 4.96. The Labute approximate surface area is 136 Å². The van der Waals surface area contributed by atoms with Gasteiger partial charge in [0.2, 0.25) is 0 Å². The third-order valence-electron chi connectivity index (χ3n) is 3.20. The molecule has 0 saturated carbocycles. The van der Waals surface area contributed by atoms with Crippen molar-refractivity contribution in [3.05, 3.63) is 71.8 Å². The van der Waals surface area contributed by atoms with E-state index in [1.54, 1.807) is 7.11 Å². The molecule has 2 rings (SSSR count). The van der Waals surface area contributed by atoms with Crippen LogP contribution in [0, 0.1) is 0 Å². The summed E-state index contributed by atoms with van der Waals surface area (Å²) in [4.78, 5) is 11.6. The summed E-state index contributed by atoms with van der Waals surface area (Å²) in [5.74, 6) is 0.828. The standard InChI is InChI=1S/C19H21NO3/c1-22-18-12-7-11-16(14-18)8-5-6-13-20-19(21)23-15-17-9-3-2-4-10-17/h2-5,7-12,14H,6,13,15H2,1H3,(H,20,21). The zero-order valence-electron chi connectivity index (χ0n) is 13.2. The lowest BCUT2D eigenvalue weighted by atomic mass is 10.2. The van der Waals surface area contributed by atoms with Gasteiger partial charge in [-0.15, -0.1) is 0 Å². The van der Waals surface area contributed by atoms with Gasteiger partial charge < -0.3 is 14.8 Å². The second kappa shape index (κ2) is 9.30.